The molecule has 2 aliphatic rings. The first-order valence-electron chi connectivity index (χ1n) is 9.10. The molecule has 0 aliphatic heterocycles. The predicted molar refractivity (Wildman–Crippen MR) is 102 cm³/mol. The molecule has 3 rings (SSSR count). The maximum Gasteiger partial charge on any atom is 0.243 e. The molecule has 0 spiro atoms. The second-order valence-electron chi connectivity index (χ2n) is 7.48. The third-order valence-corrected chi connectivity index (χ3v) is 6.48. The van der Waals surface area contributed by atoms with E-state index in [2.05, 4.69) is 27.5 Å². The van der Waals surface area contributed by atoms with E-state index in [0.29, 0.717) is 12.6 Å². The van der Waals surface area contributed by atoms with Crippen LogP contribution in [0.5, 0.6) is 0 Å². The van der Waals surface area contributed by atoms with E-state index in [4.69, 9.17) is 0 Å². The third kappa shape index (κ3) is 4.51. The van der Waals surface area contributed by atoms with E-state index in [1.165, 1.54) is 30.6 Å². The van der Waals surface area contributed by atoms with Crippen LogP contribution in [0.25, 0.3) is 0 Å². The van der Waals surface area contributed by atoms with Crippen LogP contribution in [0.2, 0.25) is 0 Å². The van der Waals surface area contributed by atoms with Gasteiger partial charge in [0.25, 0.3) is 0 Å². The Morgan fingerprint density at radius 2 is 2.12 bits per heavy atom. The van der Waals surface area contributed by atoms with Crippen LogP contribution >= 0.6 is 11.3 Å². The van der Waals surface area contributed by atoms with Crippen molar-refractivity contribution in [2.45, 2.75) is 52.1 Å². The molecule has 2 aliphatic carbocycles. The summed E-state index contributed by atoms with van der Waals surface area (Å²) in [6.07, 6.45) is 5.26. The number of amides is 1. The molecule has 25 heavy (non-hydrogen) atoms. The average Bonchev–Trinajstić information content (AvgIpc) is 3.26. The summed E-state index contributed by atoms with van der Waals surface area (Å²) < 4.78 is 0. The number of likely N-dealkylation sites (N-methyl/N-ethyl adjacent to an activating group) is 1. The Morgan fingerprint density at radius 1 is 1.32 bits per heavy atom. The first-order valence-corrected chi connectivity index (χ1v) is 9.92. The minimum absolute atomic E-state index is 0.00924. The van der Waals surface area contributed by atoms with Gasteiger partial charge in [0, 0.05) is 25.0 Å². The topological polar surface area (TPSA) is 69.6 Å². The number of aryl methyl sites for hydroxylation is 2. The number of rotatable bonds is 5. The zero-order valence-corrected chi connectivity index (χ0v) is 16.4. The molecule has 0 aromatic carbocycles. The number of aliphatic imine (C=N–C) groups is 1. The highest BCUT2D eigenvalue weighted by Crippen LogP contribution is 2.44. The van der Waals surface area contributed by atoms with Gasteiger partial charge in [-0.2, -0.15) is 0 Å². The third-order valence-electron chi connectivity index (χ3n) is 5.41. The smallest absolute Gasteiger partial charge is 0.243 e. The van der Waals surface area contributed by atoms with E-state index >= 15 is 0 Å². The van der Waals surface area contributed by atoms with E-state index in [-0.39, 0.29) is 12.5 Å². The molecule has 2 fully saturated rings. The lowest BCUT2D eigenvalue weighted by Crippen LogP contribution is -2.45. The second-order valence-corrected chi connectivity index (χ2v) is 8.77. The summed E-state index contributed by atoms with van der Waals surface area (Å²) in [5.74, 6) is 2.37. The molecular weight excluding hydrogens is 334 g/mol. The first kappa shape index (κ1) is 18.2. The maximum absolute atomic E-state index is 11.9. The summed E-state index contributed by atoms with van der Waals surface area (Å²) in [5.41, 5.74) is 1.09. The van der Waals surface area contributed by atoms with Crippen LogP contribution in [0.1, 0.15) is 41.3 Å². The van der Waals surface area contributed by atoms with Gasteiger partial charge < -0.3 is 15.5 Å². The fraction of sp³-hybridized carbons (Fsp3) is 0.722. The molecule has 2 saturated carbocycles. The Bertz CT molecular complexity index is 634. The van der Waals surface area contributed by atoms with Crippen LogP contribution in [-0.2, 0) is 11.3 Å². The summed E-state index contributed by atoms with van der Waals surface area (Å²) in [6, 6.07) is 0.485. The number of nitrogens with one attached hydrogen (secondary N) is 2. The summed E-state index contributed by atoms with van der Waals surface area (Å²) in [7, 11) is 3.52. The molecule has 0 radical (unpaired) electrons. The number of hydrogen-bond donors (Lipinski definition) is 2. The highest BCUT2D eigenvalue weighted by Gasteiger charge is 2.39. The van der Waals surface area contributed by atoms with Gasteiger partial charge in [-0.25, -0.2) is 9.98 Å². The van der Waals surface area contributed by atoms with Crippen molar-refractivity contribution in [3.05, 3.63) is 15.6 Å². The van der Waals surface area contributed by atoms with Crippen molar-refractivity contribution < 1.29 is 4.79 Å². The molecule has 3 atom stereocenters. The Kier molecular flexibility index (Phi) is 5.61. The number of thiazole rings is 1. The Balaban J connectivity index is 1.63. The van der Waals surface area contributed by atoms with Gasteiger partial charge in [-0.3, -0.25) is 4.79 Å². The van der Waals surface area contributed by atoms with Gasteiger partial charge in [0.05, 0.1) is 12.2 Å². The molecule has 2 bridgehead atoms. The number of fused-ring (bicyclic) bond motifs is 2. The van der Waals surface area contributed by atoms with E-state index in [1.807, 2.05) is 6.92 Å². The van der Waals surface area contributed by atoms with E-state index in [0.717, 1.165) is 28.5 Å². The summed E-state index contributed by atoms with van der Waals surface area (Å²) in [4.78, 5) is 23.8. The molecule has 1 heterocycles. The normalized spacial score (nSPS) is 25.3. The summed E-state index contributed by atoms with van der Waals surface area (Å²) in [5, 5.41) is 8.00. The van der Waals surface area contributed by atoms with Crippen molar-refractivity contribution in [2.75, 3.05) is 20.6 Å². The SMILES string of the molecule is Cc1nc(CNC(=NCC(=O)N(C)C)NC2CC3CCC2C3)sc1C. The summed E-state index contributed by atoms with van der Waals surface area (Å²) >= 11 is 1.71. The van der Waals surface area contributed by atoms with Crippen molar-refractivity contribution in [3.63, 3.8) is 0 Å². The van der Waals surface area contributed by atoms with Crippen molar-refractivity contribution in [1.82, 2.24) is 20.5 Å². The maximum atomic E-state index is 11.9. The number of aromatic nitrogens is 1. The van der Waals surface area contributed by atoms with Gasteiger partial charge in [-0.15, -0.1) is 11.3 Å². The van der Waals surface area contributed by atoms with Gasteiger partial charge in [0.15, 0.2) is 5.96 Å². The minimum atomic E-state index is 0.00924. The van der Waals surface area contributed by atoms with Gasteiger partial charge in [0.1, 0.15) is 11.6 Å². The van der Waals surface area contributed by atoms with Crippen molar-refractivity contribution in [3.8, 4) is 0 Å². The Morgan fingerprint density at radius 3 is 2.68 bits per heavy atom. The average molecular weight is 364 g/mol. The molecule has 7 heteroatoms. The fourth-order valence-corrected chi connectivity index (χ4v) is 4.69. The number of carbonyl (C=O) groups excluding carboxylic acids is 1. The van der Waals surface area contributed by atoms with E-state index in [9.17, 15) is 4.79 Å². The van der Waals surface area contributed by atoms with Crippen LogP contribution in [-0.4, -0.2) is 48.4 Å². The van der Waals surface area contributed by atoms with Crippen molar-refractivity contribution in [2.24, 2.45) is 16.8 Å². The highest BCUT2D eigenvalue weighted by molar-refractivity contribution is 7.11. The number of carbonyl (C=O) groups is 1. The zero-order chi connectivity index (χ0) is 18.0. The molecule has 6 nitrogen and oxygen atoms in total. The molecule has 138 valence electrons. The summed E-state index contributed by atoms with van der Waals surface area (Å²) in [6.45, 7) is 4.93. The standard InChI is InChI=1S/C18H29N5OS/c1-11-12(2)25-16(21-11)9-19-18(20-10-17(24)23(3)4)22-15-8-13-5-6-14(15)7-13/h13-15H,5-10H2,1-4H3,(H2,19,20,22). The largest absolute Gasteiger partial charge is 0.353 e. The molecular formula is C18H29N5OS. The van der Waals surface area contributed by atoms with Crippen molar-refractivity contribution in [1.29, 1.82) is 0 Å². The van der Waals surface area contributed by atoms with E-state index < -0.39 is 0 Å². The lowest BCUT2D eigenvalue weighted by atomic mass is 9.95. The van der Waals surface area contributed by atoms with Crippen LogP contribution in [0, 0.1) is 25.7 Å². The molecule has 2 N–H and O–H groups in total. The molecule has 1 aromatic heterocycles. The zero-order valence-electron chi connectivity index (χ0n) is 15.6. The van der Waals surface area contributed by atoms with Gasteiger partial charge in [-0.05, 0) is 44.9 Å². The number of nitrogens with zero attached hydrogens (tertiary/aromatic N) is 3. The molecule has 0 saturated heterocycles. The second kappa shape index (κ2) is 7.72. The molecule has 1 amide bonds. The minimum Gasteiger partial charge on any atom is -0.353 e. The van der Waals surface area contributed by atoms with Crippen LogP contribution in [0.3, 0.4) is 0 Å². The number of hydrogen-bond acceptors (Lipinski definition) is 4. The monoisotopic (exact) mass is 363 g/mol. The molecule has 1 aromatic rings. The predicted octanol–water partition coefficient (Wildman–Crippen LogP) is 2.07. The van der Waals surface area contributed by atoms with E-state index in [1.54, 1.807) is 30.3 Å². The highest BCUT2D eigenvalue weighted by atomic mass is 32.1. The van der Waals surface area contributed by atoms with Crippen LogP contribution < -0.4 is 10.6 Å². The fourth-order valence-electron chi connectivity index (χ4n) is 3.81. The van der Waals surface area contributed by atoms with Gasteiger partial charge in [-0.1, -0.05) is 6.42 Å². The molecule has 3 unspecified atom stereocenters. The van der Waals surface area contributed by atoms with Crippen molar-refractivity contribution >= 4 is 23.2 Å². The van der Waals surface area contributed by atoms with Gasteiger partial charge in [0.2, 0.25) is 5.91 Å². The number of guanidine groups is 1. The lowest BCUT2D eigenvalue weighted by molar-refractivity contribution is -0.127. The van der Waals surface area contributed by atoms with Crippen LogP contribution in [0.15, 0.2) is 4.99 Å². The Labute approximate surface area is 154 Å². The van der Waals surface area contributed by atoms with Crippen LogP contribution in [0.4, 0.5) is 0 Å². The first-order chi connectivity index (χ1) is 11.9. The Hall–Kier alpha value is -1.63. The van der Waals surface area contributed by atoms with Gasteiger partial charge >= 0.3 is 0 Å². The lowest BCUT2D eigenvalue weighted by Gasteiger charge is -2.25. The quantitative estimate of drug-likeness (QED) is 0.621.